The second-order valence-corrected chi connectivity index (χ2v) is 9.57. The third kappa shape index (κ3) is 6.87. The molecule has 0 spiro atoms. The summed E-state index contributed by atoms with van der Waals surface area (Å²) in [7, 11) is 0. The van der Waals surface area contributed by atoms with Crippen LogP contribution in [-0.4, -0.2) is 46.2 Å². The largest absolute Gasteiger partial charge is 0.480 e. The third-order valence-electron chi connectivity index (χ3n) is 5.57. The number of rotatable bonds is 10. The number of carboxylic acid groups (broad SMARTS) is 1. The lowest BCUT2D eigenvalue weighted by atomic mass is 10.0. The highest BCUT2D eigenvalue weighted by Crippen LogP contribution is 2.24. The SMILES string of the molecule is CC(C)(C)OCC(NCCc1cc(F)c(-n2c(N)c(C(=O)c3ccc(F)cc3)ccc2=O)c(F)c1)C(=O)O. The highest BCUT2D eigenvalue weighted by atomic mass is 19.1. The molecule has 0 bridgehead atoms. The van der Waals surface area contributed by atoms with Crippen molar-refractivity contribution in [2.75, 3.05) is 18.9 Å². The Labute approximate surface area is 216 Å². The smallest absolute Gasteiger partial charge is 0.323 e. The second-order valence-electron chi connectivity index (χ2n) is 9.57. The standard InChI is InChI=1S/C27H28F3N3O5/c1-27(2,3)38-14-21(26(36)37)32-11-10-15-12-19(29)23(20(30)13-15)33-22(34)9-8-18(25(33)31)24(35)16-4-6-17(28)7-5-16/h4-9,12-13,21,32H,10-11,14,31H2,1-3H3,(H,36,37). The van der Waals surface area contributed by atoms with Crippen LogP contribution in [0.5, 0.6) is 0 Å². The molecule has 0 aliphatic heterocycles. The molecule has 0 aliphatic rings. The van der Waals surface area contributed by atoms with E-state index in [9.17, 15) is 23.9 Å². The molecule has 0 saturated heterocycles. The maximum atomic E-state index is 15.1. The average molecular weight is 532 g/mol. The van der Waals surface area contributed by atoms with E-state index in [4.69, 9.17) is 10.5 Å². The molecule has 1 heterocycles. The molecule has 1 unspecified atom stereocenters. The van der Waals surface area contributed by atoms with Crippen LogP contribution in [0.4, 0.5) is 19.0 Å². The van der Waals surface area contributed by atoms with Gasteiger partial charge in [0.15, 0.2) is 17.4 Å². The third-order valence-corrected chi connectivity index (χ3v) is 5.57. The average Bonchev–Trinajstić information content (AvgIpc) is 2.82. The molecule has 1 aromatic heterocycles. The molecule has 0 amide bonds. The molecule has 38 heavy (non-hydrogen) atoms. The van der Waals surface area contributed by atoms with Crippen LogP contribution in [0.1, 0.15) is 42.3 Å². The number of hydrogen-bond acceptors (Lipinski definition) is 6. The second kappa shape index (κ2) is 11.6. The number of ketones is 1. The number of nitrogens with zero attached hydrogens (tertiary/aromatic N) is 1. The fraction of sp³-hybridized carbons (Fsp3) is 0.296. The van der Waals surface area contributed by atoms with Crippen molar-refractivity contribution in [3.63, 3.8) is 0 Å². The molecule has 3 aromatic rings. The van der Waals surface area contributed by atoms with Crippen LogP contribution in [0.25, 0.3) is 5.69 Å². The minimum absolute atomic E-state index is 0.0691. The van der Waals surface area contributed by atoms with E-state index in [2.05, 4.69) is 5.32 Å². The number of benzene rings is 2. The summed E-state index contributed by atoms with van der Waals surface area (Å²) in [5.41, 5.74) is 3.92. The summed E-state index contributed by atoms with van der Waals surface area (Å²) in [6.07, 6.45) is 0.0703. The van der Waals surface area contributed by atoms with Crippen molar-refractivity contribution in [1.29, 1.82) is 0 Å². The molecule has 0 aliphatic carbocycles. The van der Waals surface area contributed by atoms with Crippen LogP contribution in [0, 0.1) is 17.5 Å². The fourth-order valence-electron chi connectivity index (χ4n) is 3.65. The van der Waals surface area contributed by atoms with E-state index in [1.165, 1.54) is 12.1 Å². The summed E-state index contributed by atoms with van der Waals surface area (Å²) in [6.45, 7) is 5.32. The molecule has 202 valence electrons. The van der Waals surface area contributed by atoms with Crippen LogP contribution in [-0.2, 0) is 16.0 Å². The van der Waals surface area contributed by atoms with E-state index in [1.807, 2.05) is 0 Å². The first-order valence-electron chi connectivity index (χ1n) is 11.7. The number of ether oxygens (including phenoxy) is 1. The van der Waals surface area contributed by atoms with Crippen molar-refractivity contribution >= 4 is 17.6 Å². The van der Waals surface area contributed by atoms with Gasteiger partial charge in [0.1, 0.15) is 23.4 Å². The van der Waals surface area contributed by atoms with Gasteiger partial charge in [-0.2, -0.15) is 0 Å². The Hall–Kier alpha value is -3.96. The van der Waals surface area contributed by atoms with Gasteiger partial charge in [-0.25, -0.2) is 13.2 Å². The Kier molecular flexibility index (Phi) is 8.74. The Morgan fingerprint density at radius 2 is 1.66 bits per heavy atom. The zero-order valence-electron chi connectivity index (χ0n) is 21.1. The lowest BCUT2D eigenvalue weighted by molar-refractivity contribution is -0.142. The number of nitrogens with one attached hydrogen (secondary N) is 1. The quantitative estimate of drug-likeness (QED) is 0.342. The van der Waals surface area contributed by atoms with Crippen molar-refractivity contribution in [2.45, 2.75) is 38.8 Å². The van der Waals surface area contributed by atoms with Gasteiger partial charge in [0.25, 0.3) is 5.56 Å². The van der Waals surface area contributed by atoms with E-state index in [1.54, 1.807) is 20.8 Å². The Morgan fingerprint density at radius 1 is 1.05 bits per heavy atom. The first-order valence-corrected chi connectivity index (χ1v) is 11.7. The molecule has 3 rings (SSSR count). The first-order chi connectivity index (χ1) is 17.8. The van der Waals surface area contributed by atoms with Crippen molar-refractivity contribution < 1.29 is 32.6 Å². The molecule has 2 aromatic carbocycles. The van der Waals surface area contributed by atoms with Crippen LogP contribution in [0.15, 0.2) is 53.3 Å². The van der Waals surface area contributed by atoms with Crippen LogP contribution in [0.2, 0.25) is 0 Å². The summed E-state index contributed by atoms with van der Waals surface area (Å²) in [4.78, 5) is 36.9. The summed E-state index contributed by atoms with van der Waals surface area (Å²) >= 11 is 0. The van der Waals surface area contributed by atoms with Gasteiger partial charge in [0.05, 0.1) is 17.8 Å². The number of carbonyl (C=O) groups is 2. The number of pyridine rings is 1. The monoisotopic (exact) mass is 531 g/mol. The van der Waals surface area contributed by atoms with E-state index < -0.39 is 57.9 Å². The number of hydrogen-bond donors (Lipinski definition) is 3. The Bertz CT molecular complexity index is 1380. The minimum Gasteiger partial charge on any atom is -0.480 e. The van der Waals surface area contributed by atoms with E-state index in [-0.39, 0.29) is 36.3 Å². The van der Waals surface area contributed by atoms with Crippen molar-refractivity contribution in [1.82, 2.24) is 9.88 Å². The molecule has 11 heteroatoms. The molecule has 4 N–H and O–H groups in total. The maximum Gasteiger partial charge on any atom is 0.323 e. The molecular formula is C27H28F3N3O5. The predicted octanol–water partition coefficient (Wildman–Crippen LogP) is 3.47. The highest BCUT2D eigenvalue weighted by Gasteiger charge is 2.23. The predicted molar refractivity (Wildman–Crippen MR) is 135 cm³/mol. The van der Waals surface area contributed by atoms with Gasteiger partial charge in [0.2, 0.25) is 0 Å². The lowest BCUT2D eigenvalue weighted by Gasteiger charge is -2.23. The summed E-state index contributed by atoms with van der Waals surface area (Å²) in [5.74, 6) is -5.05. The van der Waals surface area contributed by atoms with Crippen molar-refractivity contribution in [2.24, 2.45) is 0 Å². The molecular weight excluding hydrogens is 503 g/mol. The summed E-state index contributed by atoms with van der Waals surface area (Å²) < 4.78 is 49.5. The van der Waals surface area contributed by atoms with Crippen molar-refractivity contribution in [3.05, 3.63) is 93.0 Å². The van der Waals surface area contributed by atoms with Crippen LogP contribution >= 0.6 is 0 Å². The topological polar surface area (TPSA) is 124 Å². The number of halogens is 3. The van der Waals surface area contributed by atoms with Gasteiger partial charge >= 0.3 is 5.97 Å². The normalized spacial score (nSPS) is 12.4. The number of anilines is 1. The van der Waals surface area contributed by atoms with Gasteiger partial charge in [-0.1, -0.05) is 0 Å². The molecule has 0 fully saturated rings. The zero-order chi connectivity index (χ0) is 28.2. The van der Waals surface area contributed by atoms with Crippen LogP contribution in [0.3, 0.4) is 0 Å². The number of aromatic nitrogens is 1. The summed E-state index contributed by atoms with van der Waals surface area (Å²) in [6, 6.07) is 7.66. The van der Waals surface area contributed by atoms with E-state index in [0.717, 1.165) is 36.4 Å². The number of aliphatic carboxylic acids is 1. The van der Waals surface area contributed by atoms with Gasteiger partial charge in [0, 0.05) is 18.2 Å². The minimum atomic E-state index is -1.13. The molecule has 8 nitrogen and oxygen atoms in total. The zero-order valence-corrected chi connectivity index (χ0v) is 21.1. The first kappa shape index (κ1) is 28.6. The van der Waals surface area contributed by atoms with E-state index >= 15 is 8.78 Å². The van der Waals surface area contributed by atoms with Crippen molar-refractivity contribution in [3.8, 4) is 5.69 Å². The van der Waals surface area contributed by atoms with E-state index in [0.29, 0.717) is 4.57 Å². The van der Waals surface area contributed by atoms with Gasteiger partial charge < -0.3 is 20.9 Å². The Balaban J connectivity index is 1.84. The fourth-order valence-corrected chi connectivity index (χ4v) is 3.65. The molecule has 0 radical (unpaired) electrons. The van der Waals surface area contributed by atoms with Crippen LogP contribution < -0.4 is 16.6 Å². The highest BCUT2D eigenvalue weighted by molar-refractivity contribution is 6.11. The lowest BCUT2D eigenvalue weighted by Crippen LogP contribution is -2.43. The number of nitrogens with two attached hydrogens (primary N) is 1. The summed E-state index contributed by atoms with van der Waals surface area (Å²) in [5, 5.41) is 12.1. The number of nitrogen functional groups attached to an aromatic ring is 1. The van der Waals surface area contributed by atoms with Gasteiger partial charge in [-0.3, -0.25) is 19.0 Å². The van der Waals surface area contributed by atoms with Gasteiger partial charge in [-0.15, -0.1) is 0 Å². The number of carbonyl (C=O) groups excluding carboxylic acids is 1. The van der Waals surface area contributed by atoms with Gasteiger partial charge in [-0.05, 0) is 75.2 Å². The Morgan fingerprint density at radius 3 is 2.21 bits per heavy atom. The molecule has 1 atom stereocenters. The molecule has 0 saturated carbocycles. The number of carboxylic acids is 1. The maximum absolute atomic E-state index is 15.1.